The van der Waals surface area contributed by atoms with Crippen molar-refractivity contribution in [2.75, 3.05) is 39.5 Å². The summed E-state index contributed by atoms with van der Waals surface area (Å²) in [6, 6.07) is 5.42. The number of nitrogens with zero attached hydrogens (tertiary/aromatic N) is 2. The Morgan fingerprint density at radius 3 is 2.84 bits per heavy atom. The molecule has 0 aromatic carbocycles. The van der Waals surface area contributed by atoms with E-state index in [-0.39, 0.29) is 17.6 Å². The number of likely N-dealkylation sites (tertiary alicyclic amines) is 1. The standard InChI is InChI=1S/C19H26N2O4/c22-18(17-3-1-2-7-20-17)21-13-19(14-21)11-16(6-10-25-19)24-12-15-4-8-23-9-5-15/h1-3,7,15-16H,4-6,8-14H2. The molecule has 0 saturated carbocycles. The lowest BCUT2D eigenvalue weighted by Gasteiger charge is -2.52. The maximum absolute atomic E-state index is 12.4. The van der Waals surface area contributed by atoms with E-state index >= 15 is 0 Å². The molecular formula is C19H26N2O4. The van der Waals surface area contributed by atoms with Gasteiger partial charge in [0.25, 0.3) is 5.91 Å². The lowest BCUT2D eigenvalue weighted by Crippen LogP contribution is -2.67. The first-order valence-electron chi connectivity index (χ1n) is 9.28. The second kappa shape index (κ2) is 7.40. The fourth-order valence-corrected chi connectivity index (χ4v) is 3.97. The number of carbonyl (C=O) groups excluding carboxylic acids is 1. The molecule has 0 bridgehead atoms. The molecule has 1 aromatic rings. The van der Waals surface area contributed by atoms with Crippen LogP contribution in [0.1, 0.15) is 36.2 Å². The molecular weight excluding hydrogens is 320 g/mol. The Labute approximate surface area is 148 Å². The number of rotatable bonds is 4. The lowest BCUT2D eigenvalue weighted by molar-refractivity contribution is -0.188. The molecule has 0 aliphatic carbocycles. The van der Waals surface area contributed by atoms with Gasteiger partial charge >= 0.3 is 0 Å². The van der Waals surface area contributed by atoms with E-state index in [1.54, 1.807) is 12.3 Å². The van der Waals surface area contributed by atoms with Gasteiger partial charge < -0.3 is 19.1 Å². The number of hydrogen-bond donors (Lipinski definition) is 0. The average molecular weight is 346 g/mol. The minimum Gasteiger partial charge on any atom is -0.381 e. The third-order valence-electron chi connectivity index (χ3n) is 5.49. The topological polar surface area (TPSA) is 60.9 Å². The summed E-state index contributed by atoms with van der Waals surface area (Å²) in [6.07, 6.45) is 5.91. The van der Waals surface area contributed by atoms with Gasteiger partial charge in [-0.3, -0.25) is 9.78 Å². The number of aromatic nitrogens is 1. The van der Waals surface area contributed by atoms with Crippen molar-refractivity contribution in [2.24, 2.45) is 5.92 Å². The van der Waals surface area contributed by atoms with Gasteiger partial charge in [-0.2, -0.15) is 0 Å². The fraction of sp³-hybridized carbons (Fsp3) is 0.684. The van der Waals surface area contributed by atoms with E-state index in [2.05, 4.69) is 4.98 Å². The van der Waals surface area contributed by atoms with Crippen LogP contribution in [0, 0.1) is 5.92 Å². The highest BCUT2D eigenvalue weighted by molar-refractivity contribution is 5.93. The lowest BCUT2D eigenvalue weighted by atomic mass is 9.84. The highest BCUT2D eigenvalue weighted by Gasteiger charge is 2.49. The Morgan fingerprint density at radius 1 is 1.24 bits per heavy atom. The summed E-state index contributed by atoms with van der Waals surface area (Å²) in [5.74, 6) is 0.608. The van der Waals surface area contributed by atoms with Crippen LogP contribution in [0.4, 0.5) is 0 Å². The molecule has 136 valence electrons. The third kappa shape index (κ3) is 3.86. The van der Waals surface area contributed by atoms with Gasteiger partial charge in [-0.25, -0.2) is 0 Å². The summed E-state index contributed by atoms with van der Waals surface area (Å²) in [5, 5.41) is 0. The van der Waals surface area contributed by atoms with Crippen LogP contribution >= 0.6 is 0 Å². The van der Waals surface area contributed by atoms with Crippen LogP contribution in [0.25, 0.3) is 0 Å². The summed E-state index contributed by atoms with van der Waals surface area (Å²) >= 11 is 0. The molecule has 6 heteroatoms. The zero-order valence-corrected chi connectivity index (χ0v) is 14.6. The predicted octanol–water partition coefficient (Wildman–Crippen LogP) is 1.90. The molecule has 1 aromatic heterocycles. The van der Waals surface area contributed by atoms with Crippen molar-refractivity contribution in [3.05, 3.63) is 30.1 Å². The van der Waals surface area contributed by atoms with Gasteiger partial charge in [-0.05, 0) is 37.3 Å². The number of carbonyl (C=O) groups is 1. The Morgan fingerprint density at radius 2 is 2.08 bits per heavy atom. The summed E-state index contributed by atoms with van der Waals surface area (Å²) in [6.45, 7) is 4.52. The molecule has 4 heterocycles. The molecule has 6 nitrogen and oxygen atoms in total. The molecule has 1 atom stereocenters. The molecule has 0 radical (unpaired) electrons. The largest absolute Gasteiger partial charge is 0.381 e. The molecule has 1 amide bonds. The van der Waals surface area contributed by atoms with E-state index in [1.807, 2.05) is 17.0 Å². The highest BCUT2D eigenvalue weighted by Crippen LogP contribution is 2.36. The maximum atomic E-state index is 12.4. The predicted molar refractivity (Wildman–Crippen MR) is 91.3 cm³/mol. The molecule has 3 aliphatic rings. The second-order valence-corrected chi connectivity index (χ2v) is 7.41. The van der Waals surface area contributed by atoms with Crippen molar-refractivity contribution in [3.8, 4) is 0 Å². The first-order chi connectivity index (χ1) is 12.2. The van der Waals surface area contributed by atoms with Gasteiger partial charge in [0, 0.05) is 39.0 Å². The summed E-state index contributed by atoms with van der Waals surface area (Å²) < 4.78 is 17.6. The average Bonchev–Trinajstić information content (AvgIpc) is 2.65. The Bertz CT molecular complexity index is 582. The van der Waals surface area contributed by atoms with Crippen molar-refractivity contribution < 1.29 is 19.0 Å². The van der Waals surface area contributed by atoms with Gasteiger partial charge in [0.2, 0.25) is 0 Å². The van der Waals surface area contributed by atoms with E-state index in [0.29, 0.717) is 31.3 Å². The normalized spacial score (nSPS) is 26.4. The zero-order valence-electron chi connectivity index (χ0n) is 14.6. The van der Waals surface area contributed by atoms with Crippen molar-refractivity contribution in [1.82, 2.24) is 9.88 Å². The first-order valence-corrected chi connectivity index (χ1v) is 9.28. The van der Waals surface area contributed by atoms with Crippen LogP contribution in [-0.2, 0) is 14.2 Å². The fourth-order valence-electron chi connectivity index (χ4n) is 3.97. The zero-order chi connectivity index (χ0) is 17.1. The van der Waals surface area contributed by atoms with E-state index in [9.17, 15) is 4.79 Å². The molecule has 25 heavy (non-hydrogen) atoms. The Hall–Kier alpha value is -1.50. The monoisotopic (exact) mass is 346 g/mol. The van der Waals surface area contributed by atoms with Crippen LogP contribution in [0.2, 0.25) is 0 Å². The number of hydrogen-bond acceptors (Lipinski definition) is 5. The molecule has 4 rings (SSSR count). The van der Waals surface area contributed by atoms with Gasteiger partial charge in [0.05, 0.1) is 19.2 Å². The van der Waals surface area contributed by atoms with E-state index < -0.39 is 0 Å². The SMILES string of the molecule is O=C(c1ccccn1)N1CC2(CC(OCC3CCOCC3)CCO2)C1. The molecule has 0 N–H and O–H groups in total. The maximum Gasteiger partial charge on any atom is 0.272 e. The molecule has 1 unspecified atom stereocenters. The quantitative estimate of drug-likeness (QED) is 0.833. The van der Waals surface area contributed by atoms with E-state index in [4.69, 9.17) is 14.2 Å². The number of ether oxygens (including phenoxy) is 3. The smallest absolute Gasteiger partial charge is 0.272 e. The van der Waals surface area contributed by atoms with Gasteiger partial charge in [-0.1, -0.05) is 6.07 Å². The van der Waals surface area contributed by atoms with E-state index in [1.165, 1.54) is 0 Å². The van der Waals surface area contributed by atoms with E-state index in [0.717, 1.165) is 45.5 Å². The minimum absolute atomic E-state index is 0.0138. The summed E-state index contributed by atoms with van der Waals surface area (Å²) in [7, 11) is 0. The van der Waals surface area contributed by atoms with Gasteiger partial charge in [0.15, 0.2) is 0 Å². The summed E-state index contributed by atoms with van der Waals surface area (Å²) in [5.41, 5.74) is 0.281. The van der Waals surface area contributed by atoms with Crippen molar-refractivity contribution in [1.29, 1.82) is 0 Å². The molecule has 3 aliphatic heterocycles. The first kappa shape index (κ1) is 16.9. The highest BCUT2D eigenvalue weighted by atomic mass is 16.5. The van der Waals surface area contributed by atoms with Crippen molar-refractivity contribution in [2.45, 2.75) is 37.4 Å². The van der Waals surface area contributed by atoms with Crippen molar-refractivity contribution in [3.63, 3.8) is 0 Å². The van der Waals surface area contributed by atoms with Crippen molar-refractivity contribution >= 4 is 5.91 Å². The molecule has 3 saturated heterocycles. The Kier molecular flexibility index (Phi) is 5.01. The van der Waals surface area contributed by atoms with Crippen LogP contribution in [0.5, 0.6) is 0 Å². The van der Waals surface area contributed by atoms with Crippen LogP contribution in [0.3, 0.4) is 0 Å². The molecule has 1 spiro atoms. The summed E-state index contributed by atoms with van der Waals surface area (Å²) in [4.78, 5) is 18.4. The minimum atomic E-state index is -0.219. The number of amides is 1. The third-order valence-corrected chi connectivity index (χ3v) is 5.49. The van der Waals surface area contributed by atoms with Gasteiger partial charge in [-0.15, -0.1) is 0 Å². The Balaban J connectivity index is 1.26. The number of pyridine rings is 1. The van der Waals surface area contributed by atoms with Gasteiger partial charge in [0.1, 0.15) is 11.3 Å². The van der Waals surface area contributed by atoms with Crippen LogP contribution in [-0.4, -0.2) is 67.0 Å². The van der Waals surface area contributed by atoms with Crippen LogP contribution < -0.4 is 0 Å². The molecule has 3 fully saturated rings. The second-order valence-electron chi connectivity index (χ2n) is 7.41. The van der Waals surface area contributed by atoms with Crippen LogP contribution in [0.15, 0.2) is 24.4 Å².